The van der Waals surface area contributed by atoms with E-state index in [1.165, 1.54) is 0 Å². The van der Waals surface area contributed by atoms with Crippen molar-refractivity contribution in [1.82, 2.24) is 0 Å². The lowest BCUT2D eigenvalue weighted by molar-refractivity contribution is -0.158. The van der Waals surface area contributed by atoms with Crippen molar-refractivity contribution in [2.75, 3.05) is 6.61 Å². The second-order valence-corrected chi connectivity index (χ2v) is 9.45. The number of carboxylic acid groups (broad SMARTS) is 1. The van der Waals surface area contributed by atoms with Crippen molar-refractivity contribution in [3.63, 3.8) is 0 Å². The van der Waals surface area contributed by atoms with Gasteiger partial charge in [-0.3, -0.25) is 9.59 Å². The summed E-state index contributed by atoms with van der Waals surface area (Å²) in [6.07, 6.45) is 0. The highest BCUT2D eigenvalue weighted by Gasteiger charge is 2.51. The van der Waals surface area contributed by atoms with E-state index in [2.05, 4.69) is 0 Å². The fourth-order valence-electron chi connectivity index (χ4n) is 6.39. The van der Waals surface area contributed by atoms with Gasteiger partial charge in [0.2, 0.25) is 0 Å². The molecule has 0 radical (unpaired) electrons. The van der Waals surface area contributed by atoms with E-state index in [0.29, 0.717) is 0 Å². The fourth-order valence-corrected chi connectivity index (χ4v) is 6.39. The lowest BCUT2D eigenvalue weighted by atomic mass is 9.69. The van der Waals surface area contributed by atoms with Crippen LogP contribution < -0.4 is 0 Å². The van der Waals surface area contributed by atoms with Crippen molar-refractivity contribution >= 4 is 11.9 Å². The molecule has 0 aliphatic heterocycles. The summed E-state index contributed by atoms with van der Waals surface area (Å²) in [5, 5.41) is 10.8. The molecule has 6 rings (SSSR count). The third-order valence-corrected chi connectivity index (χ3v) is 7.71. The summed E-state index contributed by atoms with van der Waals surface area (Å²) >= 11 is 0. The number of fused-ring (bicyclic) bond motifs is 6. The molecule has 2 unspecified atom stereocenters. The van der Waals surface area contributed by atoms with Crippen LogP contribution >= 0.6 is 0 Å². The van der Waals surface area contributed by atoms with E-state index in [1.807, 2.05) is 97.1 Å². The number of esters is 1. The Morgan fingerprint density at radius 2 is 0.972 bits per heavy atom. The monoisotopic (exact) mass is 474 g/mol. The molecule has 0 bridgehead atoms. The van der Waals surface area contributed by atoms with Crippen LogP contribution in [0.25, 0.3) is 22.3 Å². The van der Waals surface area contributed by atoms with Crippen molar-refractivity contribution in [2.24, 2.45) is 11.8 Å². The van der Waals surface area contributed by atoms with Gasteiger partial charge in [0.25, 0.3) is 0 Å². The average molecular weight is 475 g/mol. The van der Waals surface area contributed by atoms with E-state index in [9.17, 15) is 14.7 Å². The minimum Gasteiger partial charge on any atom is -0.481 e. The van der Waals surface area contributed by atoms with Crippen LogP contribution in [0.5, 0.6) is 0 Å². The van der Waals surface area contributed by atoms with Crippen molar-refractivity contribution in [3.05, 3.63) is 119 Å². The molecule has 0 saturated carbocycles. The van der Waals surface area contributed by atoms with Crippen LogP contribution in [0.3, 0.4) is 0 Å². The van der Waals surface area contributed by atoms with Crippen molar-refractivity contribution < 1.29 is 19.4 Å². The lowest BCUT2D eigenvalue weighted by Gasteiger charge is -2.33. The summed E-state index contributed by atoms with van der Waals surface area (Å²) in [5.74, 6) is -4.27. The Morgan fingerprint density at radius 1 is 0.639 bits per heavy atom. The highest BCUT2D eigenvalue weighted by atomic mass is 16.5. The SMILES string of the molecule is CCOC(=O)C(C1c2ccccc2-c2ccccc21)C(C(=O)O)C1c2ccccc2-c2ccccc21. The third-order valence-electron chi connectivity index (χ3n) is 7.71. The van der Waals surface area contributed by atoms with Crippen LogP contribution in [0, 0.1) is 11.8 Å². The highest BCUT2D eigenvalue weighted by Crippen LogP contribution is 2.56. The van der Waals surface area contributed by atoms with Crippen LogP contribution in [0.4, 0.5) is 0 Å². The molecule has 0 fully saturated rings. The largest absolute Gasteiger partial charge is 0.481 e. The highest BCUT2D eigenvalue weighted by molar-refractivity contribution is 5.90. The molecule has 2 aliphatic carbocycles. The number of aliphatic carboxylic acids is 1. The summed E-state index contributed by atoms with van der Waals surface area (Å²) < 4.78 is 5.61. The van der Waals surface area contributed by atoms with E-state index in [1.54, 1.807) is 6.92 Å². The molecule has 0 heterocycles. The maximum atomic E-state index is 13.8. The first-order valence-electron chi connectivity index (χ1n) is 12.4. The molecule has 4 heteroatoms. The van der Waals surface area contributed by atoms with Gasteiger partial charge in [0, 0.05) is 11.8 Å². The van der Waals surface area contributed by atoms with Gasteiger partial charge >= 0.3 is 11.9 Å². The molecule has 2 aliphatic rings. The number of carboxylic acids is 1. The quantitative estimate of drug-likeness (QED) is 0.324. The summed E-state index contributed by atoms with van der Waals surface area (Å²) in [4.78, 5) is 27.0. The van der Waals surface area contributed by atoms with Crippen molar-refractivity contribution in [3.8, 4) is 22.3 Å². The standard InChI is InChI=1S/C32H26O4/c1-2-36-32(35)30(28-25-17-9-5-13-21(25)22-14-6-10-18-26(22)28)29(31(33)34)27-23-15-7-3-11-19(23)20-12-4-8-16-24(20)27/h3-18,27-30H,2H2,1H3,(H,33,34). The minimum absolute atomic E-state index is 0.190. The average Bonchev–Trinajstić information content (AvgIpc) is 3.40. The van der Waals surface area contributed by atoms with Gasteiger partial charge in [-0.15, -0.1) is 0 Å². The molecule has 0 amide bonds. The van der Waals surface area contributed by atoms with Crippen molar-refractivity contribution in [1.29, 1.82) is 0 Å². The van der Waals surface area contributed by atoms with Crippen molar-refractivity contribution in [2.45, 2.75) is 18.8 Å². The van der Waals surface area contributed by atoms with E-state index in [4.69, 9.17) is 4.74 Å². The van der Waals surface area contributed by atoms with Gasteiger partial charge in [0.15, 0.2) is 0 Å². The Kier molecular flexibility index (Phi) is 5.45. The van der Waals surface area contributed by atoms with Gasteiger partial charge in [-0.1, -0.05) is 97.1 Å². The number of ether oxygens (including phenoxy) is 1. The molecule has 4 aromatic rings. The topological polar surface area (TPSA) is 63.6 Å². The summed E-state index contributed by atoms with van der Waals surface area (Å²) in [6.45, 7) is 1.96. The molecule has 36 heavy (non-hydrogen) atoms. The number of benzene rings is 4. The lowest BCUT2D eigenvalue weighted by Crippen LogP contribution is -2.39. The van der Waals surface area contributed by atoms with Gasteiger partial charge in [-0.2, -0.15) is 0 Å². The summed E-state index contributed by atoms with van der Waals surface area (Å²) in [6, 6.07) is 31.9. The first-order valence-corrected chi connectivity index (χ1v) is 12.4. The zero-order valence-electron chi connectivity index (χ0n) is 19.9. The zero-order valence-corrected chi connectivity index (χ0v) is 19.9. The van der Waals surface area contributed by atoms with Crippen LogP contribution in [0.1, 0.15) is 41.0 Å². The first kappa shape index (κ1) is 22.3. The third kappa shape index (κ3) is 3.29. The van der Waals surface area contributed by atoms with Crippen LogP contribution in [0.2, 0.25) is 0 Å². The Morgan fingerprint density at radius 3 is 1.31 bits per heavy atom. The van der Waals surface area contributed by atoms with E-state index < -0.39 is 35.6 Å². The molecule has 4 nitrogen and oxygen atoms in total. The number of carbonyl (C=O) groups excluding carboxylic acids is 1. The second kappa shape index (κ2) is 8.80. The maximum Gasteiger partial charge on any atom is 0.310 e. The molecule has 0 aromatic heterocycles. The maximum absolute atomic E-state index is 13.8. The fraction of sp³-hybridized carbons (Fsp3) is 0.188. The molecule has 4 aromatic carbocycles. The van der Waals surface area contributed by atoms with Crippen LogP contribution in [-0.4, -0.2) is 23.7 Å². The zero-order chi connectivity index (χ0) is 24.8. The summed E-state index contributed by atoms with van der Waals surface area (Å²) in [7, 11) is 0. The molecule has 1 N–H and O–H groups in total. The smallest absolute Gasteiger partial charge is 0.310 e. The van der Waals surface area contributed by atoms with Crippen LogP contribution in [-0.2, 0) is 14.3 Å². The molecule has 2 atom stereocenters. The predicted molar refractivity (Wildman–Crippen MR) is 139 cm³/mol. The minimum atomic E-state index is -1.02. The number of hydrogen-bond acceptors (Lipinski definition) is 3. The van der Waals surface area contributed by atoms with Gasteiger partial charge in [0.05, 0.1) is 18.4 Å². The van der Waals surface area contributed by atoms with Gasteiger partial charge in [-0.25, -0.2) is 0 Å². The molecule has 0 saturated heterocycles. The Balaban J connectivity index is 1.59. The molecule has 0 spiro atoms. The normalized spacial score (nSPS) is 15.4. The second-order valence-electron chi connectivity index (χ2n) is 9.45. The summed E-state index contributed by atoms with van der Waals surface area (Å²) in [5.41, 5.74) is 7.98. The van der Waals surface area contributed by atoms with E-state index in [-0.39, 0.29) is 6.61 Å². The molecular formula is C32H26O4. The predicted octanol–water partition coefficient (Wildman–Crippen LogP) is 6.49. The molecular weight excluding hydrogens is 448 g/mol. The number of rotatable bonds is 6. The van der Waals surface area contributed by atoms with Crippen LogP contribution in [0.15, 0.2) is 97.1 Å². The van der Waals surface area contributed by atoms with Gasteiger partial charge in [-0.05, 0) is 51.4 Å². The Labute approximate surface area is 210 Å². The number of carbonyl (C=O) groups is 2. The Hall–Kier alpha value is -4.18. The van der Waals surface area contributed by atoms with Gasteiger partial charge < -0.3 is 9.84 Å². The van der Waals surface area contributed by atoms with E-state index in [0.717, 1.165) is 44.5 Å². The van der Waals surface area contributed by atoms with Gasteiger partial charge in [0.1, 0.15) is 0 Å². The van der Waals surface area contributed by atoms with E-state index >= 15 is 0 Å². The molecule has 178 valence electrons. The first-order chi connectivity index (χ1) is 17.6. The number of hydrogen-bond donors (Lipinski definition) is 1. The Bertz CT molecular complexity index is 1400.